The van der Waals surface area contributed by atoms with E-state index >= 15 is 0 Å². The summed E-state index contributed by atoms with van der Waals surface area (Å²) in [4.78, 5) is 0. The van der Waals surface area contributed by atoms with Gasteiger partial charge in [0, 0.05) is 5.02 Å². The lowest BCUT2D eigenvalue weighted by Crippen LogP contribution is -2.09. The third-order valence-electron chi connectivity index (χ3n) is 2.45. The fourth-order valence-electron chi connectivity index (χ4n) is 1.52. The van der Waals surface area contributed by atoms with Gasteiger partial charge in [-0.3, -0.25) is 0 Å². The Labute approximate surface area is 110 Å². The van der Waals surface area contributed by atoms with Gasteiger partial charge in [-0.2, -0.15) is 0 Å². The number of hydrogen-bond donors (Lipinski definition) is 1. The van der Waals surface area contributed by atoms with E-state index in [1.54, 1.807) is 36.4 Å². The summed E-state index contributed by atoms with van der Waals surface area (Å²) in [5, 5.41) is 10.5. The molecule has 0 aromatic heterocycles. The molecule has 1 N–H and O–H groups in total. The maximum Gasteiger partial charge on any atom is 0.123 e. The quantitative estimate of drug-likeness (QED) is 0.916. The lowest BCUT2D eigenvalue weighted by atomic mass is 10.1. The van der Waals surface area contributed by atoms with Crippen molar-refractivity contribution in [1.82, 2.24) is 0 Å². The summed E-state index contributed by atoms with van der Waals surface area (Å²) >= 11 is 5.74. The largest absolute Gasteiger partial charge is 0.491 e. The number of hydrogen-bond acceptors (Lipinski definition) is 2. The van der Waals surface area contributed by atoms with Gasteiger partial charge in [0.05, 0.1) is 0 Å². The van der Waals surface area contributed by atoms with Gasteiger partial charge >= 0.3 is 0 Å². The second kappa shape index (κ2) is 5.85. The van der Waals surface area contributed by atoms with Crippen molar-refractivity contribution in [3.63, 3.8) is 0 Å². The fraction of sp³-hybridized carbons (Fsp3) is 0.143. The molecular formula is C14H12ClFO2. The van der Waals surface area contributed by atoms with Crippen LogP contribution in [-0.4, -0.2) is 11.7 Å². The highest BCUT2D eigenvalue weighted by Gasteiger charge is 2.09. The van der Waals surface area contributed by atoms with E-state index in [9.17, 15) is 9.50 Å². The minimum atomic E-state index is -0.864. The fourth-order valence-corrected chi connectivity index (χ4v) is 1.64. The number of halogens is 2. The van der Waals surface area contributed by atoms with Crippen LogP contribution < -0.4 is 4.74 Å². The lowest BCUT2D eigenvalue weighted by Gasteiger charge is -2.12. The molecule has 0 heterocycles. The van der Waals surface area contributed by atoms with Crippen molar-refractivity contribution in [2.45, 2.75) is 6.10 Å². The average molecular weight is 267 g/mol. The summed E-state index contributed by atoms with van der Waals surface area (Å²) in [6.45, 7) is 0.0606. The predicted octanol–water partition coefficient (Wildman–Crippen LogP) is 3.59. The van der Waals surface area contributed by atoms with E-state index in [1.165, 1.54) is 12.1 Å². The van der Waals surface area contributed by atoms with Crippen LogP contribution >= 0.6 is 11.6 Å². The Hall–Kier alpha value is -1.58. The Morgan fingerprint density at radius 1 is 1.17 bits per heavy atom. The molecule has 0 fully saturated rings. The smallest absolute Gasteiger partial charge is 0.123 e. The molecule has 2 aromatic rings. The zero-order valence-electron chi connectivity index (χ0n) is 9.51. The summed E-state index contributed by atoms with van der Waals surface area (Å²) in [5.41, 5.74) is 0.490. The summed E-state index contributed by atoms with van der Waals surface area (Å²) in [6.07, 6.45) is -0.864. The number of ether oxygens (including phenoxy) is 1. The number of aliphatic hydroxyl groups is 1. The Bertz CT molecular complexity index is 513. The first-order chi connectivity index (χ1) is 8.65. The third kappa shape index (κ3) is 3.45. The highest BCUT2D eigenvalue weighted by atomic mass is 35.5. The zero-order chi connectivity index (χ0) is 13.0. The minimum Gasteiger partial charge on any atom is -0.491 e. The molecule has 2 aromatic carbocycles. The monoisotopic (exact) mass is 266 g/mol. The zero-order valence-corrected chi connectivity index (χ0v) is 10.3. The topological polar surface area (TPSA) is 29.5 Å². The van der Waals surface area contributed by atoms with Crippen molar-refractivity contribution in [2.75, 3.05) is 6.61 Å². The van der Waals surface area contributed by atoms with E-state index in [2.05, 4.69) is 0 Å². The molecule has 94 valence electrons. The average Bonchev–Trinajstić information content (AvgIpc) is 2.38. The van der Waals surface area contributed by atoms with E-state index in [-0.39, 0.29) is 12.4 Å². The van der Waals surface area contributed by atoms with Crippen molar-refractivity contribution < 1.29 is 14.2 Å². The van der Waals surface area contributed by atoms with E-state index in [4.69, 9.17) is 16.3 Å². The van der Waals surface area contributed by atoms with Crippen LogP contribution in [0.1, 0.15) is 11.7 Å². The summed E-state index contributed by atoms with van der Waals surface area (Å²) in [7, 11) is 0. The second-order valence-corrected chi connectivity index (χ2v) is 4.27. The van der Waals surface area contributed by atoms with Gasteiger partial charge in [-0.05, 0) is 42.0 Å². The van der Waals surface area contributed by atoms with E-state index < -0.39 is 6.10 Å². The minimum absolute atomic E-state index is 0.0606. The Kier molecular flexibility index (Phi) is 4.18. The van der Waals surface area contributed by atoms with Gasteiger partial charge in [0.2, 0.25) is 0 Å². The SMILES string of the molecule is OC(COc1ccc(Cl)cc1)c1cccc(F)c1. The highest BCUT2D eigenvalue weighted by molar-refractivity contribution is 6.30. The molecule has 0 aliphatic carbocycles. The Balaban J connectivity index is 1.96. The van der Waals surface area contributed by atoms with Crippen molar-refractivity contribution >= 4 is 11.6 Å². The number of benzene rings is 2. The molecule has 0 saturated carbocycles. The normalized spacial score (nSPS) is 12.2. The van der Waals surface area contributed by atoms with Gasteiger partial charge in [-0.25, -0.2) is 4.39 Å². The maximum atomic E-state index is 13.0. The van der Waals surface area contributed by atoms with Gasteiger partial charge in [-0.1, -0.05) is 23.7 Å². The molecule has 1 atom stereocenters. The molecule has 18 heavy (non-hydrogen) atoms. The molecule has 1 unspecified atom stereocenters. The second-order valence-electron chi connectivity index (χ2n) is 3.84. The van der Waals surface area contributed by atoms with Crippen molar-refractivity contribution in [2.24, 2.45) is 0 Å². The molecule has 2 rings (SSSR count). The van der Waals surface area contributed by atoms with Crippen LogP contribution in [0.3, 0.4) is 0 Å². The Morgan fingerprint density at radius 3 is 2.56 bits per heavy atom. The number of rotatable bonds is 4. The van der Waals surface area contributed by atoms with E-state index in [1.807, 2.05) is 0 Å². The molecule has 4 heteroatoms. The molecule has 0 bridgehead atoms. The molecule has 0 aliphatic heterocycles. The molecule has 0 saturated heterocycles. The standard InChI is InChI=1S/C14H12ClFO2/c15-11-4-6-13(7-5-11)18-9-14(17)10-2-1-3-12(16)8-10/h1-8,14,17H,9H2. The summed E-state index contributed by atoms with van der Waals surface area (Å²) in [5.74, 6) is 0.230. The predicted molar refractivity (Wildman–Crippen MR) is 68.3 cm³/mol. The molecule has 0 radical (unpaired) electrons. The van der Waals surface area contributed by atoms with Crippen LogP contribution in [0, 0.1) is 5.82 Å². The first-order valence-corrected chi connectivity index (χ1v) is 5.85. The lowest BCUT2D eigenvalue weighted by molar-refractivity contribution is 0.108. The van der Waals surface area contributed by atoms with Crippen LogP contribution in [0.4, 0.5) is 4.39 Å². The van der Waals surface area contributed by atoms with Gasteiger partial charge in [0.25, 0.3) is 0 Å². The van der Waals surface area contributed by atoms with E-state index in [0.717, 1.165) is 0 Å². The van der Waals surface area contributed by atoms with Gasteiger partial charge in [-0.15, -0.1) is 0 Å². The van der Waals surface area contributed by atoms with Gasteiger partial charge < -0.3 is 9.84 Å². The van der Waals surface area contributed by atoms with Gasteiger partial charge in [0.1, 0.15) is 24.3 Å². The summed E-state index contributed by atoms with van der Waals surface area (Å²) < 4.78 is 18.4. The van der Waals surface area contributed by atoms with Crippen LogP contribution in [0.15, 0.2) is 48.5 Å². The first-order valence-electron chi connectivity index (χ1n) is 5.47. The molecule has 0 amide bonds. The van der Waals surface area contributed by atoms with Gasteiger partial charge in [0.15, 0.2) is 0 Å². The van der Waals surface area contributed by atoms with Crippen LogP contribution in [0.25, 0.3) is 0 Å². The molecule has 2 nitrogen and oxygen atoms in total. The van der Waals surface area contributed by atoms with Crippen LogP contribution in [0.2, 0.25) is 5.02 Å². The molecular weight excluding hydrogens is 255 g/mol. The highest BCUT2D eigenvalue weighted by Crippen LogP contribution is 2.19. The van der Waals surface area contributed by atoms with Crippen molar-refractivity contribution in [3.8, 4) is 5.75 Å². The molecule has 0 spiro atoms. The van der Waals surface area contributed by atoms with E-state index in [0.29, 0.717) is 16.3 Å². The van der Waals surface area contributed by atoms with Crippen LogP contribution in [-0.2, 0) is 0 Å². The van der Waals surface area contributed by atoms with Crippen molar-refractivity contribution in [3.05, 3.63) is 64.9 Å². The first kappa shape index (κ1) is 12.9. The number of aliphatic hydroxyl groups excluding tert-OH is 1. The van der Waals surface area contributed by atoms with Crippen LogP contribution in [0.5, 0.6) is 5.75 Å². The van der Waals surface area contributed by atoms with Crippen molar-refractivity contribution in [1.29, 1.82) is 0 Å². The summed E-state index contributed by atoms with van der Waals surface area (Å²) in [6, 6.07) is 12.6. The Morgan fingerprint density at radius 2 is 1.89 bits per heavy atom. The maximum absolute atomic E-state index is 13.0. The third-order valence-corrected chi connectivity index (χ3v) is 2.71. The molecule has 0 aliphatic rings.